The molecule has 2 N–H and O–H groups in total. The van der Waals surface area contributed by atoms with Crippen molar-refractivity contribution >= 4 is 17.9 Å². The van der Waals surface area contributed by atoms with Gasteiger partial charge in [0.1, 0.15) is 0 Å². The number of rotatable bonds is 5. The molecule has 0 unspecified atom stereocenters. The van der Waals surface area contributed by atoms with Crippen LogP contribution < -0.4 is 5.32 Å². The molecule has 1 aromatic carbocycles. The van der Waals surface area contributed by atoms with Crippen LogP contribution in [-0.4, -0.2) is 40.5 Å². The van der Waals surface area contributed by atoms with Crippen LogP contribution >= 0.6 is 0 Å². The highest BCUT2D eigenvalue weighted by atomic mass is 16.4. The van der Waals surface area contributed by atoms with Gasteiger partial charge in [0.05, 0.1) is 17.2 Å². The Bertz CT molecular complexity index is 521. The summed E-state index contributed by atoms with van der Waals surface area (Å²) in [6.45, 7) is 1.98. The van der Waals surface area contributed by atoms with E-state index in [0.717, 1.165) is 11.3 Å². The van der Waals surface area contributed by atoms with Crippen LogP contribution in [0.4, 0.5) is 4.79 Å². The molecule has 1 heterocycles. The van der Waals surface area contributed by atoms with Crippen LogP contribution in [0.15, 0.2) is 24.3 Å². The highest BCUT2D eigenvalue weighted by molar-refractivity contribution is 6.21. The van der Waals surface area contributed by atoms with Crippen LogP contribution in [0.5, 0.6) is 0 Å². The van der Waals surface area contributed by atoms with Gasteiger partial charge >= 0.3 is 6.09 Å². The SMILES string of the molecule is CCC[C@H](CN1C(=O)c2ccccc2C1=O)NC(=O)O. The largest absolute Gasteiger partial charge is 0.465 e. The highest BCUT2D eigenvalue weighted by Gasteiger charge is 2.36. The predicted octanol–water partition coefficient (Wildman–Crippen LogP) is 1.72. The van der Waals surface area contributed by atoms with Crippen molar-refractivity contribution < 1.29 is 19.5 Å². The van der Waals surface area contributed by atoms with Gasteiger partial charge in [-0.1, -0.05) is 25.5 Å². The molecule has 0 spiro atoms. The first-order valence-corrected chi connectivity index (χ1v) is 6.49. The van der Waals surface area contributed by atoms with Gasteiger partial charge in [-0.3, -0.25) is 14.5 Å². The molecule has 0 radical (unpaired) electrons. The van der Waals surface area contributed by atoms with Gasteiger partial charge in [-0.05, 0) is 18.6 Å². The Balaban J connectivity index is 2.16. The third-order valence-corrected chi connectivity index (χ3v) is 3.25. The number of hydrogen-bond donors (Lipinski definition) is 2. The van der Waals surface area contributed by atoms with Crippen LogP contribution in [0.2, 0.25) is 0 Å². The third kappa shape index (κ3) is 2.64. The fraction of sp³-hybridized carbons (Fsp3) is 0.357. The molecule has 1 aliphatic heterocycles. The second kappa shape index (κ2) is 5.73. The lowest BCUT2D eigenvalue weighted by Gasteiger charge is -2.22. The minimum Gasteiger partial charge on any atom is -0.465 e. The van der Waals surface area contributed by atoms with E-state index in [-0.39, 0.29) is 18.4 Å². The van der Waals surface area contributed by atoms with Crippen molar-refractivity contribution in [3.63, 3.8) is 0 Å². The minimum atomic E-state index is -1.15. The molecule has 6 nitrogen and oxygen atoms in total. The van der Waals surface area contributed by atoms with Crippen molar-refractivity contribution in [2.75, 3.05) is 6.54 Å². The van der Waals surface area contributed by atoms with Crippen molar-refractivity contribution in [1.29, 1.82) is 0 Å². The number of amides is 3. The molecule has 3 amide bonds. The minimum absolute atomic E-state index is 0.0620. The first kappa shape index (κ1) is 14.0. The number of imide groups is 1. The maximum atomic E-state index is 12.2. The lowest BCUT2D eigenvalue weighted by atomic mass is 10.1. The fourth-order valence-electron chi connectivity index (χ4n) is 2.36. The Hall–Kier alpha value is -2.37. The van der Waals surface area contributed by atoms with Gasteiger partial charge in [-0.2, -0.15) is 0 Å². The smallest absolute Gasteiger partial charge is 0.404 e. The van der Waals surface area contributed by atoms with Gasteiger partial charge < -0.3 is 10.4 Å². The molecule has 0 saturated carbocycles. The first-order valence-electron chi connectivity index (χ1n) is 6.49. The lowest BCUT2D eigenvalue weighted by Crippen LogP contribution is -2.45. The molecule has 6 heteroatoms. The van der Waals surface area contributed by atoms with Gasteiger partial charge in [0.25, 0.3) is 11.8 Å². The monoisotopic (exact) mass is 276 g/mol. The van der Waals surface area contributed by atoms with Gasteiger partial charge in [0.15, 0.2) is 0 Å². The summed E-state index contributed by atoms with van der Waals surface area (Å²) < 4.78 is 0. The average molecular weight is 276 g/mol. The Morgan fingerprint density at radius 2 is 1.80 bits per heavy atom. The maximum Gasteiger partial charge on any atom is 0.404 e. The average Bonchev–Trinajstić information content (AvgIpc) is 2.64. The van der Waals surface area contributed by atoms with Crippen LogP contribution in [0, 0.1) is 0 Å². The van der Waals surface area contributed by atoms with Crippen LogP contribution in [0.3, 0.4) is 0 Å². The summed E-state index contributed by atoms with van der Waals surface area (Å²) in [6, 6.07) is 6.17. The van der Waals surface area contributed by atoms with Crippen LogP contribution in [0.25, 0.3) is 0 Å². The van der Waals surface area contributed by atoms with E-state index in [1.54, 1.807) is 24.3 Å². The molecule has 0 aromatic heterocycles. The summed E-state index contributed by atoms with van der Waals surface area (Å²) in [6.07, 6.45) is 0.174. The van der Waals surface area contributed by atoms with E-state index in [4.69, 9.17) is 5.11 Å². The summed E-state index contributed by atoms with van der Waals surface area (Å²) in [5.74, 6) is -0.724. The quantitative estimate of drug-likeness (QED) is 0.802. The van der Waals surface area contributed by atoms with E-state index in [1.807, 2.05) is 6.92 Å². The normalized spacial score (nSPS) is 15.2. The molecule has 2 rings (SSSR count). The molecule has 0 bridgehead atoms. The number of fused-ring (bicyclic) bond motifs is 1. The summed E-state index contributed by atoms with van der Waals surface area (Å²) in [4.78, 5) is 36.2. The number of carboxylic acid groups (broad SMARTS) is 1. The van der Waals surface area contributed by atoms with Gasteiger partial charge in [0, 0.05) is 6.54 Å². The molecular formula is C14H16N2O4. The third-order valence-electron chi connectivity index (χ3n) is 3.25. The van der Waals surface area contributed by atoms with E-state index in [9.17, 15) is 14.4 Å². The van der Waals surface area contributed by atoms with Crippen molar-refractivity contribution in [1.82, 2.24) is 10.2 Å². The molecule has 0 saturated heterocycles. The number of carbonyl (C=O) groups excluding carboxylic acids is 2. The van der Waals surface area contributed by atoms with E-state index in [0.29, 0.717) is 17.5 Å². The molecule has 1 atom stereocenters. The zero-order valence-electron chi connectivity index (χ0n) is 11.1. The van der Waals surface area contributed by atoms with Crippen molar-refractivity contribution in [3.8, 4) is 0 Å². The number of nitrogens with zero attached hydrogens (tertiary/aromatic N) is 1. The van der Waals surface area contributed by atoms with E-state index < -0.39 is 12.1 Å². The summed E-state index contributed by atoms with van der Waals surface area (Å²) in [7, 11) is 0. The predicted molar refractivity (Wildman–Crippen MR) is 71.7 cm³/mol. The van der Waals surface area contributed by atoms with Gasteiger partial charge in [0.2, 0.25) is 0 Å². The molecule has 0 aliphatic carbocycles. The van der Waals surface area contributed by atoms with Gasteiger partial charge in [-0.25, -0.2) is 4.79 Å². The number of benzene rings is 1. The summed E-state index contributed by atoms with van der Waals surface area (Å²) in [5.41, 5.74) is 0.756. The Labute approximate surface area is 116 Å². The molecule has 1 aromatic rings. The second-order valence-corrected chi connectivity index (χ2v) is 4.70. The van der Waals surface area contributed by atoms with Crippen molar-refractivity contribution in [2.24, 2.45) is 0 Å². The zero-order chi connectivity index (χ0) is 14.7. The Morgan fingerprint density at radius 3 is 2.25 bits per heavy atom. The number of nitrogens with one attached hydrogen (secondary N) is 1. The van der Waals surface area contributed by atoms with E-state index in [1.165, 1.54) is 0 Å². The Kier molecular flexibility index (Phi) is 4.02. The maximum absolute atomic E-state index is 12.2. The molecule has 20 heavy (non-hydrogen) atoms. The molecular weight excluding hydrogens is 260 g/mol. The van der Waals surface area contributed by atoms with Crippen molar-refractivity contribution in [3.05, 3.63) is 35.4 Å². The first-order chi connectivity index (χ1) is 9.54. The van der Waals surface area contributed by atoms with E-state index in [2.05, 4.69) is 5.32 Å². The van der Waals surface area contributed by atoms with E-state index >= 15 is 0 Å². The summed E-state index contributed by atoms with van der Waals surface area (Å²) in [5, 5.41) is 11.1. The topological polar surface area (TPSA) is 86.7 Å². The van der Waals surface area contributed by atoms with Crippen LogP contribution in [0.1, 0.15) is 40.5 Å². The van der Waals surface area contributed by atoms with Crippen LogP contribution in [-0.2, 0) is 0 Å². The number of carbonyl (C=O) groups is 3. The molecule has 0 fully saturated rings. The van der Waals surface area contributed by atoms with Crippen molar-refractivity contribution in [2.45, 2.75) is 25.8 Å². The second-order valence-electron chi connectivity index (χ2n) is 4.70. The molecule has 106 valence electrons. The number of hydrogen-bond acceptors (Lipinski definition) is 3. The molecule has 1 aliphatic rings. The standard InChI is InChI=1S/C14H16N2O4/c1-2-5-9(15-14(19)20)8-16-12(17)10-6-3-4-7-11(10)13(16)18/h3-4,6-7,9,15H,2,5,8H2,1H3,(H,19,20)/t9-/m1/s1. The fourth-order valence-corrected chi connectivity index (χ4v) is 2.36. The Morgan fingerprint density at radius 1 is 1.25 bits per heavy atom. The highest BCUT2D eigenvalue weighted by Crippen LogP contribution is 2.22. The van der Waals surface area contributed by atoms with Gasteiger partial charge in [-0.15, -0.1) is 0 Å². The lowest BCUT2D eigenvalue weighted by molar-refractivity contribution is 0.0634. The summed E-state index contributed by atoms with van der Waals surface area (Å²) >= 11 is 0. The zero-order valence-corrected chi connectivity index (χ0v) is 11.1.